The Morgan fingerprint density at radius 3 is 1.36 bits per heavy atom. The number of carboxylic acid groups (broad SMARTS) is 1. The molecule has 0 aliphatic carbocycles. The van der Waals surface area contributed by atoms with Crippen molar-refractivity contribution in [2.75, 3.05) is 35.8 Å². The molecule has 19 rings (SSSR count). The molecule has 0 spiro atoms. The third-order valence-corrected chi connectivity index (χ3v) is 22.7. The van der Waals surface area contributed by atoms with Crippen molar-refractivity contribution in [1.29, 1.82) is 0 Å². The maximum Gasteiger partial charge on any atom is 2.00 e. The van der Waals surface area contributed by atoms with Crippen molar-refractivity contribution in [3.8, 4) is 62.5 Å². The Balaban J connectivity index is 0.000000186. The fourth-order valence-corrected chi connectivity index (χ4v) is 14.9. The molecule has 19 aromatic rings. The molecule has 20 nitrogen and oxygen atoms in total. The Morgan fingerprint density at radius 2 is 0.829 bits per heavy atom. The molecule has 746 valence electrons. The Morgan fingerprint density at radius 1 is 0.390 bits per heavy atom. The number of para-hydroxylation sites is 4. The van der Waals surface area contributed by atoms with Crippen LogP contribution in [0, 0.1) is 60.4 Å². The van der Waals surface area contributed by atoms with E-state index in [9.17, 15) is 14.3 Å². The third kappa shape index (κ3) is 32.5. The Labute approximate surface area is 921 Å². The molecule has 0 amide bonds. The molecule has 4 radical (unpaired) electrons. The summed E-state index contributed by atoms with van der Waals surface area (Å²) < 4.78 is 25.0. The molecule has 0 saturated carbocycles. The number of halogens is 1. The first-order chi connectivity index (χ1) is 68.8. The van der Waals surface area contributed by atoms with Gasteiger partial charge in [-0.3, -0.25) is 24.3 Å². The van der Waals surface area contributed by atoms with E-state index in [1.54, 1.807) is 54.9 Å². The fraction of sp³-hybridized carbons (Fsp3) is 0.133. The number of aliphatic hydroxyl groups is 1. The van der Waals surface area contributed by atoms with Gasteiger partial charge in [0.1, 0.15) is 35.4 Å². The van der Waals surface area contributed by atoms with Crippen molar-refractivity contribution in [2.45, 2.75) is 83.6 Å². The molecule has 26 heteroatoms. The minimum Gasteiger partial charge on any atom is -0.477 e. The van der Waals surface area contributed by atoms with E-state index in [0.29, 0.717) is 64.8 Å². The van der Waals surface area contributed by atoms with Gasteiger partial charge in [-0.1, -0.05) is 142 Å². The zero-order chi connectivity index (χ0) is 98.1. The standard InChI is InChI=1S/C28H26N2.C25H21N3O.C24H18FN3O.C23H18N4O.C20H18N3O2.4Ir.Pt/c1-21(25-17-11-18-26(30-25)22-12-6-4-7-13-22)20-24-16-10-19-27(29-24)28(2,3)23-14-8-5-9-15-23;1-19(29-25-18-10-16-23(27-25)20-11-5-3-6-12-20)22-15-9-17-24(26-22)28(2)21-13-7-4-8-14-21;1-28(19-7-3-2-4-8-19)23-12-6-11-22(27-23)24(29)21-10-5-9-20(26-21)17-13-15-18(25)16-14-17;1-2-10-21(11-3-1)28-23-13-5-9-20(27-23)17-25-16-19-8-4-12-22(26-19)18-7-6-14-24-15-18;1-14(16-10-6-12-18(21-16)20(24)25)17-11-7-13-19(22-17)23(2)15-8-4-3-5-9-15;;;;;/h4-12,14,16-19,21H,20H2,1-3H3;3-11,13,15-19H,1-2H3;2-7,9-13,15-16,24,29H,1H3;1-6,8-10,12-15,25H,16-17H2;3-8,10-14H,1-2H3,(H,24,25);;;;;/q4*-2;-1;;;;;+2. The van der Waals surface area contributed by atoms with Crippen molar-refractivity contribution in [3.05, 3.63) is 517 Å². The first-order valence-electron chi connectivity index (χ1n) is 45.9. The third-order valence-electron chi connectivity index (χ3n) is 22.7. The molecule has 146 heavy (non-hydrogen) atoms. The number of rotatable bonds is 29. The van der Waals surface area contributed by atoms with E-state index in [0.717, 1.165) is 114 Å². The Bertz CT molecular complexity index is 7200. The van der Waals surface area contributed by atoms with Crippen LogP contribution in [0.3, 0.4) is 0 Å². The second-order valence-corrected chi connectivity index (χ2v) is 33.1. The van der Waals surface area contributed by atoms with Crippen LogP contribution in [0.25, 0.3) is 45.0 Å². The van der Waals surface area contributed by atoms with Crippen molar-refractivity contribution >= 4 is 40.5 Å². The predicted molar refractivity (Wildman–Crippen MR) is 550 cm³/mol. The minimum absolute atomic E-state index is 0. The molecule has 8 aromatic carbocycles. The van der Waals surface area contributed by atoms with Gasteiger partial charge in [-0.05, 0) is 127 Å². The molecule has 0 aliphatic heterocycles. The van der Waals surface area contributed by atoms with Crippen molar-refractivity contribution in [1.82, 2.24) is 60.1 Å². The number of benzene rings is 8. The molecule has 4 unspecified atom stereocenters. The maximum atomic E-state index is 13.2. The van der Waals surface area contributed by atoms with Crippen molar-refractivity contribution in [2.24, 2.45) is 0 Å². The minimum atomic E-state index is -1.03. The van der Waals surface area contributed by atoms with Gasteiger partial charge in [0.25, 0.3) is 0 Å². The molecule has 3 N–H and O–H groups in total. The van der Waals surface area contributed by atoms with Crippen LogP contribution in [0.2, 0.25) is 0 Å². The van der Waals surface area contributed by atoms with Crippen LogP contribution in [0.1, 0.15) is 132 Å². The van der Waals surface area contributed by atoms with E-state index in [-0.39, 0.29) is 136 Å². The van der Waals surface area contributed by atoms with Gasteiger partial charge in [0.15, 0.2) is 0 Å². The molecule has 0 bridgehead atoms. The number of hydrogen-bond acceptors (Lipinski definition) is 19. The first kappa shape index (κ1) is 114. The summed E-state index contributed by atoms with van der Waals surface area (Å²) in [6, 6.07) is 146. The number of hydrogen-bond donors (Lipinski definition) is 3. The molecule has 4 atom stereocenters. The molecule has 0 fully saturated rings. The fourth-order valence-electron chi connectivity index (χ4n) is 14.9. The number of nitrogens with zero attached hydrogens (tertiary/aromatic N) is 14. The van der Waals surface area contributed by atoms with Crippen molar-refractivity contribution < 1.29 is 130 Å². The summed E-state index contributed by atoms with van der Waals surface area (Å²) >= 11 is 0. The van der Waals surface area contributed by atoms with Crippen LogP contribution < -0.4 is 29.5 Å². The average Bonchev–Trinajstić information content (AvgIpc) is 1.06. The van der Waals surface area contributed by atoms with Crippen LogP contribution in [-0.2, 0) is 126 Å². The van der Waals surface area contributed by atoms with Gasteiger partial charge in [-0.15, -0.1) is 150 Å². The number of nitrogens with one attached hydrogen (secondary N) is 1. The number of aromatic carboxylic acids is 1. The van der Waals surface area contributed by atoms with Crippen LogP contribution in [0.15, 0.2) is 389 Å². The number of pyridine rings is 11. The van der Waals surface area contributed by atoms with E-state index >= 15 is 0 Å². The number of aliphatic hydroxyl groups excluding tert-OH is 1. The molecular formula is C120H101FIr4N15O5Pt-7. The summed E-state index contributed by atoms with van der Waals surface area (Å²) in [5.74, 6) is 2.83. The number of carbonyl (C=O) groups is 1. The number of anilines is 6. The zero-order valence-corrected chi connectivity index (χ0v) is 92.6. The molecule has 0 saturated heterocycles. The van der Waals surface area contributed by atoms with E-state index in [2.05, 4.69) is 158 Å². The second kappa shape index (κ2) is 57.6. The molecule has 0 aliphatic rings. The predicted octanol–water partition coefficient (Wildman–Crippen LogP) is 24.9. The van der Waals surface area contributed by atoms with Crippen LogP contribution in [-0.4, -0.2) is 92.1 Å². The van der Waals surface area contributed by atoms with Crippen LogP contribution in [0.4, 0.5) is 38.9 Å². The quantitative estimate of drug-likeness (QED) is 0.0369. The van der Waals surface area contributed by atoms with Gasteiger partial charge in [-0.25, -0.2) is 29.7 Å². The van der Waals surface area contributed by atoms with Gasteiger partial charge in [0, 0.05) is 172 Å². The SMILES string of the molecule is CC(Cc1cccc(C(C)(C)c2[c-]cccc2)n1)c1cccc(-c2[c-]cccc2)n1.CC(Oc1cccc(-c2[c-]cccc2)n1)c1cccc(N(C)c2[c-]cccc2)n1.CC(c1cccc(C(=O)O)n1)c1cccc(N(C)c2[c-]cccc2)n1.CN(c1[c-]cccc1)c1cccc(C(O)c2cccc(-c3[c-]cc(F)cc3)n2)n1.[Ir].[Ir].[Ir].[Ir].[Pt+2].[c-]1ccccc1Oc1cccc(CNCc2cccc(-c3[c-]ccnc3)n2)n1. The normalized spacial score (nSPS) is 11.3. The zero-order valence-electron chi connectivity index (χ0n) is 80.8. The Kier molecular flexibility index (Phi) is 45.0. The topological polar surface area (TPSA) is 240 Å². The number of aromatic nitrogens is 11. The van der Waals surface area contributed by atoms with Gasteiger partial charge < -0.3 is 49.7 Å². The van der Waals surface area contributed by atoms with E-state index in [1.807, 2.05) is 323 Å². The number of carboxylic acids is 1. The summed E-state index contributed by atoms with van der Waals surface area (Å²) in [6.45, 7) is 11.8. The summed E-state index contributed by atoms with van der Waals surface area (Å²) in [4.78, 5) is 67.6. The van der Waals surface area contributed by atoms with Gasteiger partial charge in [-0.2, -0.15) is 127 Å². The van der Waals surface area contributed by atoms with Gasteiger partial charge >= 0.3 is 27.0 Å². The second-order valence-electron chi connectivity index (χ2n) is 33.1. The summed E-state index contributed by atoms with van der Waals surface area (Å²) in [7, 11) is 5.81. The van der Waals surface area contributed by atoms with Crippen molar-refractivity contribution in [3.63, 3.8) is 0 Å². The largest absolute Gasteiger partial charge is 2.00 e. The number of ether oxygens (including phenoxy) is 2. The average molecular weight is 2820 g/mol. The van der Waals surface area contributed by atoms with Gasteiger partial charge in [0.05, 0.1) is 34.2 Å². The molecular weight excluding hydrogens is 2710 g/mol. The smallest absolute Gasteiger partial charge is 0.477 e. The molecule has 11 heterocycles. The van der Waals surface area contributed by atoms with E-state index in [1.165, 1.54) is 18.2 Å². The van der Waals surface area contributed by atoms with E-state index in [4.69, 9.17) is 34.5 Å². The summed E-state index contributed by atoms with van der Waals surface area (Å²) in [6.07, 6.45) is 3.07. The summed E-state index contributed by atoms with van der Waals surface area (Å²) in [5.41, 5.74) is 18.9. The monoisotopic (exact) mass is 2820 g/mol. The van der Waals surface area contributed by atoms with E-state index < -0.39 is 12.1 Å². The maximum absolute atomic E-state index is 13.2. The first-order valence-corrected chi connectivity index (χ1v) is 45.9. The Hall–Kier alpha value is -14.0. The molecule has 11 aromatic heterocycles. The van der Waals surface area contributed by atoms with Crippen LogP contribution >= 0.6 is 0 Å². The van der Waals surface area contributed by atoms with Crippen LogP contribution in [0.5, 0.6) is 17.5 Å². The van der Waals surface area contributed by atoms with Gasteiger partial charge in [0.2, 0.25) is 11.8 Å². The summed E-state index contributed by atoms with van der Waals surface area (Å²) in [5, 5.41) is 23.4.